The molecule has 0 amide bonds. The number of benzene rings is 1. The summed E-state index contributed by atoms with van der Waals surface area (Å²) >= 11 is 0. The smallest absolute Gasteiger partial charge is 0.290 e. The van der Waals surface area contributed by atoms with Crippen LogP contribution in [0, 0.1) is 0 Å². The van der Waals surface area contributed by atoms with Crippen LogP contribution in [-0.4, -0.2) is 9.36 Å². The first kappa shape index (κ1) is 14.0. The fourth-order valence-corrected chi connectivity index (χ4v) is 3.42. The molecule has 0 bridgehead atoms. The number of nitrogen functional groups attached to an aromatic ring is 1. The van der Waals surface area contributed by atoms with Gasteiger partial charge in [0.2, 0.25) is 0 Å². The highest BCUT2D eigenvalue weighted by Crippen LogP contribution is 2.32. The summed E-state index contributed by atoms with van der Waals surface area (Å²) in [6, 6.07) is 10.3. The van der Waals surface area contributed by atoms with Gasteiger partial charge in [-0.05, 0) is 19.3 Å². The molecule has 0 spiro atoms. The Hall–Kier alpha value is -1.97. The van der Waals surface area contributed by atoms with Crippen molar-refractivity contribution >= 4 is 5.69 Å². The quantitative estimate of drug-likeness (QED) is 0.935. The second-order valence-electron chi connectivity index (χ2n) is 5.84. The molecule has 1 aliphatic carbocycles. The van der Waals surface area contributed by atoms with Gasteiger partial charge in [0.05, 0.1) is 11.7 Å². The topological polar surface area (TPSA) is 52.9 Å². The van der Waals surface area contributed by atoms with Crippen LogP contribution in [0.4, 0.5) is 5.69 Å². The third-order valence-corrected chi connectivity index (χ3v) is 4.37. The van der Waals surface area contributed by atoms with Gasteiger partial charge < -0.3 is 5.73 Å². The summed E-state index contributed by atoms with van der Waals surface area (Å²) in [5.41, 5.74) is 8.46. The Morgan fingerprint density at radius 2 is 1.86 bits per heavy atom. The Labute approximate surface area is 125 Å². The summed E-state index contributed by atoms with van der Waals surface area (Å²) in [5.74, 6) is 0. The van der Waals surface area contributed by atoms with Crippen molar-refractivity contribution in [2.75, 3.05) is 5.73 Å². The van der Waals surface area contributed by atoms with E-state index in [9.17, 15) is 4.79 Å². The molecular formula is C17H23N3O. The minimum atomic E-state index is -0.0193. The standard InChI is InChI=1S/C17H23N3O/c1-2-12-19-16(13-8-4-3-5-9-13)15(18)17(21)20(19)14-10-6-7-11-14/h3-5,8-9,14H,2,6-7,10-12,18H2,1H3. The summed E-state index contributed by atoms with van der Waals surface area (Å²) in [6.45, 7) is 2.96. The number of aromatic nitrogens is 2. The van der Waals surface area contributed by atoms with E-state index >= 15 is 0 Å². The lowest BCUT2D eigenvalue weighted by Crippen LogP contribution is -2.27. The van der Waals surface area contributed by atoms with E-state index in [1.807, 2.05) is 35.0 Å². The molecule has 3 rings (SSSR count). The number of rotatable bonds is 4. The normalized spacial score (nSPS) is 15.7. The molecule has 4 heteroatoms. The lowest BCUT2D eigenvalue weighted by molar-refractivity contribution is 0.365. The zero-order valence-electron chi connectivity index (χ0n) is 12.6. The zero-order valence-corrected chi connectivity index (χ0v) is 12.6. The van der Waals surface area contributed by atoms with E-state index in [2.05, 4.69) is 11.6 Å². The molecule has 1 saturated carbocycles. The number of hydrogen-bond acceptors (Lipinski definition) is 2. The van der Waals surface area contributed by atoms with E-state index in [1.165, 1.54) is 12.8 Å². The van der Waals surface area contributed by atoms with Crippen molar-refractivity contribution in [3.8, 4) is 11.3 Å². The van der Waals surface area contributed by atoms with Gasteiger partial charge in [-0.25, -0.2) is 4.68 Å². The number of nitrogens with two attached hydrogens (primary N) is 1. The molecule has 2 aromatic rings. The maximum Gasteiger partial charge on any atom is 0.290 e. The van der Waals surface area contributed by atoms with Crippen molar-refractivity contribution in [3.05, 3.63) is 40.7 Å². The second-order valence-corrected chi connectivity index (χ2v) is 5.84. The maximum atomic E-state index is 12.7. The SMILES string of the molecule is CCCn1c(-c2ccccc2)c(N)c(=O)n1C1CCCC1. The van der Waals surface area contributed by atoms with E-state index < -0.39 is 0 Å². The highest BCUT2D eigenvalue weighted by molar-refractivity contribution is 5.72. The predicted molar refractivity (Wildman–Crippen MR) is 86.3 cm³/mol. The van der Waals surface area contributed by atoms with E-state index in [-0.39, 0.29) is 5.56 Å². The Bertz CT molecular complexity index is 663. The molecule has 0 saturated heterocycles. The van der Waals surface area contributed by atoms with Crippen molar-refractivity contribution in [1.82, 2.24) is 9.36 Å². The molecule has 2 N–H and O–H groups in total. The maximum absolute atomic E-state index is 12.7. The molecule has 21 heavy (non-hydrogen) atoms. The van der Waals surface area contributed by atoms with Crippen LogP contribution in [0.2, 0.25) is 0 Å². The average molecular weight is 285 g/mol. The Morgan fingerprint density at radius 3 is 2.48 bits per heavy atom. The molecule has 112 valence electrons. The molecule has 0 radical (unpaired) electrons. The van der Waals surface area contributed by atoms with Gasteiger partial charge in [-0.3, -0.25) is 9.48 Å². The third kappa shape index (κ3) is 2.39. The fourth-order valence-electron chi connectivity index (χ4n) is 3.42. The molecule has 1 heterocycles. The van der Waals surface area contributed by atoms with Crippen molar-refractivity contribution in [2.24, 2.45) is 0 Å². The number of hydrogen-bond donors (Lipinski definition) is 1. The summed E-state index contributed by atoms with van der Waals surface area (Å²) in [5, 5.41) is 0. The first-order valence-corrected chi connectivity index (χ1v) is 7.90. The summed E-state index contributed by atoms with van der Waals surface area (Å²) in [4.78, 5) is 12.7. The lowest BCUT2D eigenvalue weighted by Gasteiger charge is -2.19. The summed E-state index contributed by atoms with van der Waals surface area (Å²) < 4.78 is 4.04. The highest BCUT2D eigenvalue weighted by atomic mass is 16.1. The van der Waals surface area contributed by atoms with Crippen LogP contribution in [0.3, 0.4) is 0 Å². The first-order chi connectivity index (χ1) is 10.2. The van der Waals surface area contributed by atoms with Gasteiger partial charge in [0, 0.05) is 12.1 Å². The van der Waals surface area contributed by atoms with Crippen LogP contribution < -0.4 is 11.3 Å². The summed E-state index contributed by atoms with van der Waals surface area (Å²) in [7, 11) is 0. The molecule has 1 aromatic carbocycles. The molecule has 0 atom stereocenters. The van der Waals surface area contributed by atoms with Crippen LogP contribution >= 0.6 is 0 Å². The minimum absolute atomic E-state index is 0.0193. The van der Waals surface area contributed by atoms with E-state index in [1.54, 1.807) is 0 Å². The lowest BCUT2D eigenvalue weighted by atomic mass is 10.1. The van der Waals surface area contributed by atoms with Crippen LogP contribution in [0.25, 0.3) is 11.3 Å². The number of nitrogens with zero attached hydrogens (tertiary/aromatic N) is 2. The molecular weight excluding hydrogens is 262 g/mol. The number of anilines is 1. The van der Waals surface area contributed by atoms with Crippen LogP contribution in [-0.2, 0) is 6.54 Å². The van der Waals surface area contributed by atoms with E-state index in [0.717, 1.165) is 37.1 Å². The summed E-state index contributed by atoms with van der Waals surface area (Å²) in [6.07, 6.45) is 5.56. The third-order valence-electron chi connectivity index (χ3n) is 4.37. The first-order valence-electron chi connectivity index (χ1n) is 7.90. The van der Waals surface area contributed by atoms with Gasteiger partial charge in [0.15, 0.2) is 0 Å². The Morgan fingerprint density at radius 1 is 1.19 bits per heavy atom. The average Bonchev–Trinajstić information content (AvgIpc) is 3.09. The van der Waals surface area contributed by atoms with Crippen molar-refractivity contribution in [2.45, 2.75) is 51.6 Å². The van der Waals surface area contributed by atoms with Crippen LogP contribution in [0.15, 0.2) is 35.1 Å². The van der Waals surface area contributed by atoms with Gasteiger partial charge in [0.25, 0.3) is 5.56 Å². The predicted octanol–water partition coefficient (Wildman–Crippen LogP) is 3.42. The molecule has 0 unspecified atom stereocenters. The molecule has 4 nitrogen and oxygen atoms in total. The molecule has 1 aliphatic rings. The monoisotopic (exact) mass is 285 g/mol. The van der Waals surface area contributed by atoms with Gasteiger partial charge in [0.1, 0.15) is 5.69 Å². The van der Waals surface area contributed by atoms with Crippen molar-refractivity contribution < 1.29 is 0 Å². The van der Waals surface area contributed by atoms with Gasteiger partial charge in [-0.1, -0.05) is 50.1 Å². The van der Waals surface area contributed by atoms with E-state index in [0.29, 0.717) is 11.7 Å². The zero-order chi connectivity index (χ0) is 14.8. The Balaban J connectivity index is 2.19. The van der Waals surface area contributed by atoms with Crippen LogP contribution in [0.1, 0.15) is 45.1 Å². The minimum Gasteiger partial charge on any atom is -0.392 e. The van der Waals surface area contributed by atoms with Gasteiger partial charge >= 0.3 is 0 Å². The Kier molecular flexibility index (Phi) is 3.86. The molecule has 1 fully saturated rings. The van der Waals surface area contributed by atoms with Crippen molar-refractivity contribution in [3.63, 3.8) is 0 Å². The highest BCUT2D eigenvalue weighted by Gasteiger charge is 2.26. The van der Waals surface area contributed by atoms with Gasteiger partial charge in [-0.15, -0.1) is 0 Å². The second kappa shape index (κ2) is 5.80. The fraction of sp³-hybridized carbons (Fsp3) is 0.471. The van der Waals surface area contributed by atoms with Crippen molar-refractivity contribution in [1.29, 1.82) is 0 Å². The molecule has 1 aromatic heterocycles. The largest absolute Gasteiger partial charge is 0.392 e. The van der Waals surface area contributed by atoms with Gasteiger partial charge in [-0.2, -0.15) is 0 Å². The van der Waals surface area contributed by atoms with E-state index in [4.69, 9.17) is 5.73 Å². The molecule has 0 aliphatic heterocycles. The van der Waals surface area contributed by atoms with Crippen LogP contribution in [0.5, 0.6) is 0 Å².